The number of hydrogen-bond acceptors (Lipinski definition) is 4. The van der Waals surface area contributed by atoms with Gasteiger partial charge < -0.3 is 10.1 Å². The third-order valence-corrected chi connectivity index (χ3v) is 5.10. The molecule has 0 aromatic carbocycles. The van der Waals surface area contributed by atoms with Crippen LogP contribution in [0, 0.1) is 6.92 Å². The maximum Gasteiger partial charge on any atom is 0.0643 e. The van der Waals surface area contributed by atoms with Crippen LogP contribution in [0.4, 0.5) is 0 Å². The van der Waals surface area contributed by atoms with Crippen LogP contribution in [0.15, 0.2) is 11.4 Å². The Labute approximate surface area is 107 Å². The predicted octanol–water partition coefficient (Wildman–Crippen LogP) is 1.23. The molecule has 17 heavy (non-hydrogen) atoms. The number of aryl methyl sites for hydroxylation is 1. The van der Waals surface area contributed by atoms with Crippen molar-refractivity contribution in [3.63, 3.8) is 0 Å². The zero-order chi connectivity index (χ0) is 11.7. The van der Waals surface area contributed by atoms with E-state index >= 15 is 0 Å². The SMILES string of the molecule is Cc1ccsc1C1(CN2CCNCC2)COC1. The van der Waals surface area contributed by atoms with Crippen molar-refractivity contribution in [2.24, 2.45) is 0 Å². The van der Waals surface area contributed by atoms with Crippen LogP contribution in [0.5, 0.6) is 0 Å². The van der Waals surface area contributed by atoms with E-state index in [0.29, 0.717) is 0 Å². The van der Waals surface area contributed by atoms with Gasteiger partial charge in [0, 0.05) is 37.6 Å². The summed E-state index contributed by atoms with van der Waals surface area (Å²) < 4.78 is 5.52. The van der Waals surface area contributed by atoms with Crippen molar-refractivity contribution in [3.05, 3.63) is 21.9 Å². The van der Waals surface area contributed by atoms with Crippen molar-refractivity contribution in [2.75, 3.05) is 45.9 Å². The number of thiophene rings is 1. The first-order valence-electron chi connectivity index (χ1n) is 6.36. The van der Waals surface area contributed by atoms with Crippen LogP contribution in [-0.4, -0.2) is 50.8 Å². The highest BCUT2D eigenvalue weighted by Crippen LogP contribution is 2.38. The number of piperazine rings is 1. The van der Waals surface area contributed by atoms with Crippen molar-refractivity contribution in [1.29, 1.82) is 0 Å². The third-order valence-electron chi connectivity index (χ3n) is 3.84. The summed E-state index contributed by atoms with van der Waals surface area (Å²) in [5, 5.41) is 5.62. The number of nitrogens with one attached hydrogen (secondary N) is 1. The summed E-state index contributed by atoms with van der Waals surface area (Å²) in [5.41, 5.74) is 1.73. The second-order valence-electron chi connectivity index (χ2n) is 5.23. The second kappa shape index (κ2) is 4.69. The molecule has 4 heteroatoms. The van der Waals surface area contributed by atoms with Gasteiger partial charge in [0.05, 0.1) is 18.6 Å². The van der Waals surface area contributed by atoms with Gasteiger partial charge in [0.2, 0.25) is 0 Å². The first-order chi connectivity index (χ1) is 8.30. The molecule has 2 aliphatic rings. The fourth-order valence-corrected chi connectivity index (χ4v) is 3.95. The summed E-state index contributed by atoms with van der Waals surface area (Å²) in [7, 11) is 0. The van der Waals surface area contributed by atoms with Crippen LogP contribution in [-0.2, 0) is 10.2 Å². The molecule has 2 saturated heterocycles. The van der Waals surface area contributed by atoms with Gasteiger partial charge in [0.1, 0.15) is 0 Å². The standard InChI is InChI=1S/C13H20N2OS/c1-11-2-7-17-12(11)13(9-16-10-13)8-15-5-3-14-4-6-15/h2,7,14H,3-6,8-10H2,1H3. The van der Waals surface area contributed by atoms with Crippen LogP contribution in [0.2, 0.25) is 0 Å². The molecule has 1 aromatic rings. The van der Waals surface area contributed by atoms with Crippen LogP contribution in [0.3, 0.4) is 0 Å². The van der Waals surface area contributed by atoms with Gasteiger partial charge >= 0.3 is 0 Å². The minimum atomic E-state index is 0.287. The fourth-order valence-electron chi connectivity index (χ4n) is 2.86. The van der Waals surface area contributed by atoms with E-state index in [4.69, 9.17) is 4.74 Å². The Morgan fingerprint density at radius 3 is 2.71 bits per heavy atom. The first-order valence-corrected chi connectivity index (χ1v) is 7.24. The second-order valence-corrected chi connectivity index (χ2v) is 6.15. The Bertz CT molecular complexity index is 381. The molecule has 1 N–H and O–H groups in total. The maximum atomic E-state index is 5.52. The lowest BCUT2D eigenvalue weighted by molar-refractivity contribution is -0.0740. The molecular weight excluding hydrogens is 232 g/mol. The van der Waals surface area contributed by atoms with E-state index in [1.807, 2.05) is 11.3 Å². The molecule has 3 heterocycles. The summed E-state index contributed by atoms with van der Waals surface area (Å²) in [4.78, 5) is 4.13. The van der Waals surface area contributed by atoms with Crippen LogP contribution in [0.1, 0.15) is 10.4 Å². The lowest BCUT2D eigenvalue weighted by atomic mass is 9.82. The van der Waals surface area contributed by atoms with Gasteiger partial charge in [-0.15, -0.1) is 11.3 Å². The number of nitrogens with zero attached hydrogens (tertiary/aromatic N) is 1. The molecule has 0 unspecified atom stereocenters. The van der Waals surface area contributed by atoms with Crippen molar-refractivity contribution in [2.45, 2.75) is 12.3 Å². The van der Waals surface area contributed by atoms with Gasteiger partial charge in [-0.3, -0.25) is 4.90 Å². The molecule has 2 aliphatic heterocycles. The highest BCUT2D eigenvalue weighted by atomic mass is 32.1. The molecule has 3 nitrogen and oxygen atoms in total. The van der Waals surface area contributed by atoms with Gasteiger partial charge in [-0.2, -0.15) is 0 Å². The van der Waals surface area contributed by atoms with E-state index in [9.17, 15) is 0 Å². The first kappa shape index (κ1) is 11.7. The number of ether oxygens (including phenoxy) is 1. The topological polar surface area (TPSA) is 24.5 Å². The lowest BCUT2D eigenvalue weighted by Gasteiger charge is -2.45. The van der Waals surface area contributed by atoms with Gasteiger partial charge in [-0.25, -0.2) is 0 Å². The van der Waals surface area contributed by atoms with E-state index in [2.05, 4.69) is 28.6 Å². The normalized spacial score (nSPS) is 24.5. The van der Waals surface area contributed by atoms with Crippen LogP contribution in [0.25, 0.3) is 0 Å². The maximum absolute atomic E-state index is 5.52. The molecule has 0 bridgehead atoms. The van der Waals surface area contributed by atoms with Gasteiger partial charge in [0.25, 0.3) is 0 Å². The van der Waals surface area contributed by atoms with Gasteiger partial charge in [0.15, 0.2) is 0 Å². The summed E-state index contributed by atoms with van der Waals surface area (Å²) in [6.07, 6.45) is 0. The molecule has 0 spiro atoms. The summed E-state index contributed by atoms with van der Waals surface area (Å²) in [6, 6.07) is 2.23. The Hall–Kier alpha value is -0.420. The molecule has 94 valence electrons. The van der Waals surface area contributed by atoms with Crippen LogP contribution >= 0.6 is 11.3 Å². The summed E-state index contributed by atoms with van der Waals surface area (Å²) in [5.74, 6) is 0. The van der Waals surface area contributed by atoms with Crippen molar-refractivity contribution >= 4 is 11.3 Å². The molecular formula is C13H20N2OS. The van der Waals surface area contributed by atoms with Crippen LogP contribution < -0.4 is 5.32 Å². The monoisotopic (exact) mass is 252 g/mol. The zero-order valence-corrected chi connectivity index (χ0v) is 11.2. The lowest BCUT2D eigenvalue weighted by Crippen LogP contribution is -2.57. The molecule has 0 saturated carbocycles. The van der Waals surface area contributed by atoms with Crippen molar-refractivity contribution in [1.82, 2.24) is 10.2 Å². The average Bonchev–Trinajstić information content (AvgIpc) is 2.72. The average molecular weight is 252 g/mol. The van der Waals surface area contributed by atoms with E-state index in [1.165, 1.54) is 18.7 Å². The largest absolute Gasteiger partial charge is 0.379 e. The highest BCUT2D eigenvalue weighted by molar-refractivity contribution is 7.10. The molecule has 0 atom stereocenters. The quantitative estimate of drug-likeness (QED) is 0.876. The Balaban J connectivity index is 1.75. The van der Waals surface area contributed by atoms with E-state index in [-0.39, 0.29) is 5.41 Å². The molecule has 0 aliphatic carbocycles. The summed E-state index contributed by atoms with van der Waals surface area (Å²) in [6.45, 7) is 9.79. The van der Waals surface area contributed by atoms with Gasteiger partial charge in [-0.05, 0) is 23.9 Å². The van der Waals surface area contributed by atoms with E-state index < -0.39 is 0 Å². The Morgan fingerprint density at radius 2 is 2.18 bits per heavy atom. The van der Waals surface area contributed by atoms with Crippen molar-refractivity contribution < 1.29 is 4.74 Å². The molecule has 3 rings (SSSR count). The fraction of sp³-hybridized carbons (Fsp3) is 0.692. The summed E-state index contributed by atoms with van der Waals surface area (Å²) >= 11 is 1.90. The highest BCUT2D eigenvalue weighted by Gasteiger charge is 2.43. The van der Waals surface area contributed by atoms with Crippen molar-refractivity contribution in [3.8, 4) is 0 Å². The molecule has 0 amide bonds. The Kier molecular flexibility index (Phi) is 3.21. The van der Waals surface area contributed by atoms with Gasteiger partial charge in [-0.1, -0.05) is 0 Å². The van der Waals surface area contributed by atoms with E-state index in [1.54, 1.807) is 4.88 Å². The Morgan fingerprint density at radius 1 is 1.41 bits per heavy atom. The number of hydrogen-bond donors (Lipinski definition) is 1. The molecule has 1 aromatic heterocycles. The predicted molar refractivity (Wildman–Crippen MR) is 70.9 cm³/mol. The van der Waals surface area contributed by atoms with E-state index in [0.717, 1.165) is 32.8 Å². The number of rotatable bonds is 3. The molecule has 0 radical (unpaired) electrons. The minimum absolute atomic E-state index is 0.287. The molecule has 2 fully saturated rings. The third kappa shape index (κ3) is 2.15. The zero-order valence-electron chi connectivity index (χ0n) is 10.4. The minimum Gasteiger partial charge on any atom is -0.379 e. The smallest absolute Gasteiger partial charge is 0.0643 e.